The van der Waals surface area contributed by atoms with Crippen molar-refractivity contribution in [2.24, 2.45) is 10.9 Å². The van der Waals surface area contributed by atoms with Gasteiger partial charge in [0.25, 0.3) is 0 Å². The maximum Gasteiger partial charge on any atom is 0.435 e. The molecule has 34 heavy (non-hydrogen) atoms. The van der Waals surface area contributed by atoms with Crippen LogP contribution in [0, 0.1) is 11.7 Å². The molecule has 1 N–H and O–H groups in total. The summed E-state index contributed by atoms with van der Waals surface area (Å²) in [5.74, 6) is -0.0176. The van der Waals surface area contributed by atoms with Crippen molar-refractivity contribution in [3.8, 4) is 0 Å². The van der Waals surface area contributed by atoms with Crippen LogP contribution in [0.15, 0.2) is 59.9 Å². The zero-order valence-electron chi connectivity index (χ0n) is 18.3. The van der Waals surface area contributed by atoms with E-state index in [9.17, 15) is 27.5 Å². The number of rotatable bonds is 3. The van der Waals surface area contributed by atoms with E-state index in [2.05, 4.69) is 10.1 Å². The standard InChI is InChI=1S/C23H23F4N5O2/c1-15-3-2-10-31(14-32-12-9-20(29-32)23(25,26)27)22(34)28-21(15)30-11-8-18(19(33)13-30)16-4-6-17(24)7-5-16/h2,4-10,12,15,19,33H,3,11,13-14H2,1H3/t15-,19+/m1/s1. The average Bonchev–Trinajstić information content (AvgIpc) is 3.26. The highest BCUT2D eigenvalue weighted by Crippen LogP contribution is 2.28. The Balaban J connectivity index is 1.52. The fourth-order valence-electron chi connectivity index (χ4n) is 3.94. The van der Waals surface area contributed by atoms with Gasteiger partial charge in [0.1, 0.15) is 18.3 Å². The van der Waals surface area contributed by atoms with E-state index in [1.807, 2.05) is 13.0 Å². The number of hydrogen-bond acceptors (Lipinski definition) is 4. The lowest BCUT2D eigenvalue weighted by Gasteiger charge is -2.35. The van der Waals surface area contributed by atoms with Crippen LogP contribution in [0.5, 0.6) is 0 Å². The number of halogens is 4. The van der Waals surface area contributed by atoms with E-state index >= 15 is 0 Å². The number of alkyl halides is 3. The molecule has 2 aliphatic heterocycles. The first kappa shape index (κ1) is 23.7. The Labute approximate surface area is 193 Å². The van der Waals surface area contributed by atoms with Gasteiger partial charge in [0.05, 0.1) is 6.10 Å². The van der Waals surface area contributed by atoms with Crippen LogP contribution in [0.2, 0.25) is 0 Å². The van der Waals surface area contributed by atoms with E-state index < -0.39 is 24.0 Å². The van der Waals surface area contributed by atoms with Crippen LogP contribution in [-0.2, 0) is 12.8 Å². The van der Waals surface area contributed by atoms with Crippen LogP contribution in [0.1, 0.15) is 24.6 Å². The molecule has 0 saturated heterocycles. The third-order valence-corrected chi connectivity index (χ3v) is 5.69. The van der Waals surface area contributed by atoms with Crippen LogP contribution >= 0.6 is 0 Å². The number of aliphatic hydroxyl groups is 1. The highest BCUT2D eigenvalue weighted by Gasteiger charge is 2.34. The lowest BCUT2D eigenvalue weighted by atomic mass is 9.95. The molecule has 0 fully saturated rings. The third kappa shape index (κ3) is 5.19. The molecule has 180 valence electrons. The second-order valence-electron chi connectivity index (χ2n) is 8.21. The average molecular weight is 477 g/mol. The van der Waals surface area contributed by atoms with E-state index in [4.69, 9.17) is 0 Å². The number of amidine groups is 1. The molecule has 0 radical (unpaired) electrons. The number of nitrogens with zero attached hydrogens (tertiary/aromatic N) is 5. The zero-order valence-corrected chi connectivity index (χ0v) is 18.3. The Morgan fingerprint density at radius 3 is 2.56 bits per heavy atom. The summed E-state index contributed by atoms with van der Waals surface area (Å²) in [7, 11) is 0. The smallest absolute Gasteiger partial charge is 0.387 e. The van der Waals surface area contributed by atoms with E-state index in [1.165, 1.54) is 23.2 Å². The number of aliphatic hydroxyl groups excluding tert-OH is 1. The summed E-state index contributed by atoms with van der Waals surface area (Å²) < 4.78 is 52.7. The Morgan fingerprint density at radius 1 is 1.18 bits per heavy atom. The van der Waals surface area contributed by atoms with Crippen LogP contribution < -0.4 is 0 Å². The van der Waals surface area contributed by atoms with Crippen molar-refractivity contribution in [2.45, 2.75) is 32.3 Å². The maximum atomic E-state index is 13.2. The minimum atomic E-state index is -4.57. The van der Waals surface area contributed by atoms with Gasteiger partial charge in [-0.05, 0) is 35.8 Å². The van der Waals surface area contributed by atoms with Gasteiger partial charge in [0, 0.05) is 31.4 Å². The number of urea groups is 1. The first-order valence-corrected chi connectivity index (χ1v) is 10.7. The number of allylic oxidation sites excluding steroid dienone is 1. The van der Waals surface area contributed by atoms with Crippen molar-refractivity contribution in [3.05, 3.63) is 72.0 Å². The van der Waals surface area contributed by atoms with E-state index in [1.54, 1.807) is 23.1 Å². The second-order valence-corrected chi connectivity index (χ2v) is 8.21. The quantitative estimate of drug-likeness (QED) is 0.675. The van der Waals surface area contributed by atoms with Gasteiger partial charge in [0.15, 0.2) is 5.69 Å². The second kappa shape index (κ2) is 9.41. The first-order valence-electron chi connectivity index (χ1n) is 10.7. The van der Waals surface area contributed by atoms with E-state index in [0.717, 1.165) is 16.9 Å². The third-order valence-electron chi connectivity index (χ3n) is 5.69. The Kier molecular flexibility index (Phi) is 6.56. The van der Waals surface area contributed by atoms with Gasteiger partial charge in [0.2, 0.25) is 0 Å². The monoisotopic (exact) mass is 477 g/mol. The van der Waals surface area contributed by atoms with Crippen molar-refractivity contribution in [1.29, 1.82) is 0 Å². The molecule has 0 spiro atoms. The summed E-state index contributed by atoms with van der Waals surface area (Å²) in [6.45, 7) is 2.25. The van der Waals surface area contributed by atoms with Crippen molar-refractivity contribution in [1.82, 2.24) is 19.6 Å². The minimum absolute atomic E-state index is 0.128. The van der Waals surface area contributed by atoms with Crippen LogP contribution in [0.4, 0.5) is 22.4 Å². The summed E-state index contributed by atoms with van der Waals surface area (Å²) >= 11 is 0. The SMILES string of the molecule is C[C@@H]1CC=CN(Cn2ccc(C(F)(F)F)n2)C(=O)N=C1N1CC=C(c2ccc(F)cc2)[C@@H](O)C1. The largest absolute Gasteiger partial charge is 0.435 e. The molecule has 1 aromatic carbocycles. The Bertz CT molecular complexity index is 1140. The molecule has 2 aliphatic rings. The van der Waals surface area contributed by atoms with Gasteiger partial charge in [-0.25, -0.2) is 9.18 Å². The van der Waals surface area contributed by atoms with Crippen molar-refractivity contribution < 1.29 is 27.5 Å². The zero-order chi connectivity index (χ0) is 24.5. The molecule has 2 atom stereocenters. The molecule has 11 heteroatoms. The predicted molar refractivity (Wildman–Crippen MR) is 117 cm³/mol. The summed E-state index contributed by atoms with van der Waals surface area (Å²) in [6, 6.07) is 6.04. The molecular formula is C23H23F4N5O2. The molecule has 0 saturated carbocycles. The lowest BCUT2D eigenvalue weighted by Crippen LogP contribution is -2.45. The molecule has 0 aliphatic carbocycles. The van der Waals surface area contributed by atoms with Gasteiger partial charge in [-0.15, -0.1) is 0 Å². The van der Waals surface area contributed by atoms with Gasteiger partial charge in [-0.1, -0.05) is 31.2 Å². The summed E-state index contributed by atoms with van der Waals surface area (Å²) in [4.78, 5) is 20.1. The summed E-state index contributed by atoms with van der Waals surface area (Å²) in [5, 5.41) is 14.2. The Hall–Kier alpha value is -3.47. The van der Waals surface area contributed by atoms with Crippen LogP contribution in [0.25, 0.3) is 5.57 Å². The molecule has 1 aromatic heterocycles. The molecule has 3 heterocycles. The molecule has 2 amide bonds. The number of carbonyl (C=O) groups excluding carboxylic acids is 1. The topological polar surface area (TPSA) is 74.0 Å². The molecular weight excluding hydrogens is 454 g/mol. The number of benzene rings is 1. The molecule has 2 aromatic rings. The summed E-state index contributed by atoms with van der Waals surface area (Å²) in [6.07, 6.45) is 1.31. The Morgan fingerprint density at radius 2 is 1.91 bits per heavy atom. The number of aliphatic imine (C=N–C) groups is 1. The van der Waals surface area contributed by atoms with Crippen LogP contribution in [0.3, 0.4) is 0 Å². The van der Waals surface area contributed by atoms with Gasteiger partial charge in [-0.3, -0.25) is 9.58 Å². The number of hydrogen-bond donors (Lipinski definition) is 1. The minimum Gasteiger partial charge on any atom is -0.387 e. The summed E-state index contributed by atoms with van der Waals surface area (Å²) in [5.41, 5.74) is 0.339. The van der Waals surface area contributed by atoms with Crippen molar-refractivity contribution in [2.75, 3.05) is 13.1 Å². The number of carbonyl (C=O) groups is 1. The highest BCUT2D eigenvalue weighted by molar-refractivity contribution is 5.96. The number of β-amino-alcohol motifs (C(OH)–C–C–N with tert-alkyl or cyclic N) is 1. The van der Waals surface area contributed by atoms with E-state index in [-0.39, 0.29) is 24.9 Å². The fourth-order valence-corrected chi connectivity index (χ4v) is 3.94. The van der Waals surface area contributed by atoms with Crippen molar-refractivity contribution in [3.63, 3.8) is 0 Å². The van der Waals surface area contributed by atoms with Gasteiger partial charge >= 0.3 is 12.2 Å². The van der Waals surface area contributed by atoms with Gasteiger partial charge < -0.3 is 10.0 Å². The first-order chi connectivity index (χ1) is 16.1. The van der Waals surface area contributed by atoms with E-state index in [0.29, 0.717) is 29.9 Å². The number of aromatic nitrogens is 2. The van der Waals surface area contributed by atoms with Crippen molar-refractivity contribution >= 4 is 17.4 Å². The van der Waals surface area contributed by atoms with Crippen LogP contribution in [-0.4, -0.2) is 55.7 Å². The lowest BCUT2D eigenvalue weighted by molar-refractivity contribution is -0.141. The fraction of sp³-hybridized carbons (Fsp3) is 0.348. The predicted octanol–water partition coefficient (Wildman–Crippen LogP) is 4.13. The molecule has 0 bridgehead atoms. The molecule has 7 nitrogen and oxygen atoms in total. The molecule has 0 unspecified atom stereocenters. The number of amides is 2. The highest BCUT2D eigenvalue weighted by atomic mass is 19.4. The normalized spacial score (nSPS) is 21.8. The maximum absolute atomic E-state index is 13.2. The molecule has 4 rings (SSSR count). The van der Waals surface area contributed by atoms with Gasteiger partial charge in [-0.2, -0.15) is 23.3 Å².